The highest BCUT2D eigenvalue weighted by atomic mass is 16.3. The van der Waals surface area contributed by atoms with E-state index in [1.54, 1.807) is 18.2 Å². The van der Waals surface area contributed by atoms with Gasteiger partial charge in [-0.25, -0.2) is 4.79 Å². The largest absolute Gasteiger partial charge is 0.508 e. The van der Waals surface area contributed by atoms with Gasteiger partial charge in [-0.05, 0) is 37.7 Å². The van der Waals surface area contributed by atoms with Crippen LogP contribution in [-0.4, -0.2) is 17.2 Å². The second kappa shape index (κ2) is 6.45. The Kier molecular flexibility index (Phi) is 4.66. The summed E-state index contributed by atoms with van der Waals surface area (Å²) in [6.07, 6.45) is 4.49. The SMILES string of the molecule is CC1CCC(NC(=O)NCc2ccccc2O)CC1. The minimum Gasteiger partial charge on any atom is -0.508 e. The Labute approximate surface area is 114 Å². The monoisotopic (exact) mass is 262 g/mol. The lowest BCUT2D eigenvalue weighted by Crippen LogP contribution is -2.43. The number of carbonyl (C=O) groups is 1. The Morgan fingerprint density at radius 3 is 2.63 bits per heavy atom. The van der Waals surface area contributed by atoms with Crippen molar-refractivity contribution in [2.24, 2.45) is 5.92 Å². The molecule has 0 heterocycles. The lowest BCUT2D eigenvalue weighted by atomic mass is 9.87. The summed E-state index contributed by atoms with van der Waals surface area (Å²) in [6, 6.07) is 7.18. The third-order valence-corrected chi connectivity index (χ3v) is 3.78. The van der Waals surface area contributed by atoms with Crippen molar-refractivity contribution in [3.8, 4) is 5.75 Å². The maximum atomic E-state index is 11.8. The zero-order valence-electron chi connectivity index (χ0n) is 11.4. The first kappa shape index (κ1) is 13.7. The van der Waals surface area contributed by atoms with Gasteiger partial charge in [0.25, 0.3) is 0 Å². The molecule has 1 fully saturated rings. The minimum absolute atomic E-state index is 0.150. The van der Waals surface area contributed by atoms with E-state index in [9.17, 15) is 9.90 Å². The fraction of sp³-hybridized carbons (Fsp3) is 0.533. The van der Waals surface area contributed by atoms with Gasteiger partial charge in [0, 0.05) is 18.2 Å². The number of rotatable bonds is 3. The van der Waals surface area contributed by atoms with Crippen molar-refractivity contribution in [3.63, 3.8) is 0 Å². The fourth-order valence-electron chi connectivity index (χ4n) is 2.48. The molecule has 4 nitrogen and oxygen atoms in total. The van der Waals surface area contributed by atoms with E-state index < -0.39 is 0 Å². The molecule has 0 aliphatic heterocycles. The average Bonchev–Trinajstić information content (AvgIpc) is 2.40. The summed E-state index contributed by atoms with van der Waals surface area (Å²) in [7, 11) is 0. The predicted molar refractivity (Wildman–Crippen MR) is 74.9 cm³/mol. The van der Waals surface area contributed by atoms with Crippen LogP contribution >= 0.6 is 0 Å². The molecule has 1 aliphatic rings. The maximum Gasteiger partial charge on any atom is 0.315 e. The van der Waals surface area contributed by atoms with Gasteiger partial charge in [-0.3, -0.25) is 0 Å². The third kappa shape index (κ3) is 4.16. The number of para-hydroxylation sites is 1. The van der Waals surface area contributed by atoms with Crippen LogP contribution in [0.2, 0.25) is 0 Å². The molecule has 0 radical (unpaired) electrons. The zero-order chi connectivity index (χ0) is 13.7. The van der Waals surface area contributed by atoms with Crippen LogP contribution in [-0.2, 0) is 6.54 Å². The van der Waals surface area contributed by atoms with Crippen LogP contribution in [0, 0.1) is 5.92 Å². The minimum atomic E-state index is -0.150. The van der Waals surface area contributed by atoms with Gasteiger partial charge in [-0.1, -0.05) is 25.1 Å². The van der Waals surface area contributed by atoms with Gasteiger partial charge in [-0.15, -0.1) is 0 Å². The van der Waals surface area contributed by atoms with Crippen LogP contribution in [0.15, 0.2) is 24.3 Å². The van der Waals surface area contributed by atoms with Gasteiger partial charge in [0.1, 0.15) is 5.75 Å². The lowest BCUT2D eigenvalue weighted by Gasteiger charge is -2.26. The third-order valence-electron chi connectivity index (χ3n) is 3.78. The van der Waals surface area contributed by atoms with Gasteiger partial charge in [0.05, 0.1) is 0 Å². The van der Waals surface area contributed by atoms with Gasteiger partial charge in [0.2, 0.25) is 0 Å². The molecule has 0 atom stereocenters. The smallest absolute Gasteiger partial charge is 0.315 e. The molecule has 0 spiro atoms. The van der Waals surface area contributed by atoms with Gasteiger partial charge in [-0.2, -0.15) is 0 Å². The summed E-state index contributed by atoms with van der Waals surface area (Å²) < 4.78 is 0. The Hall–Kier alpha value is -1.71. The number of phenolic OH excluding ortho intramolecular Hbond substituents is 1. The highest BCUT2D eigenvalue weighted by Gasteiger charge is 2.19. The number of carbonyl (C=O) groups excluding carboxylic acids is 1. The molecule has 19 heavy (non-hydrogen) atoms. The average molecular weight is 262 g/mol. The number of hydrogen-bond acceptors (Lipinski definition) is 2. The van der Waals surface area contributed by atoms with Crippen molar-refractivity contribution in [1.82, 2.24) is 10.6 Å². The quantitative estimate of drug-likeness (QED) is 0.784. The summed E-state index contributed by atoms with van der Waals surface area (Å²) in [5.41, 5.74) is 0.731. The van der Waals surface area contributed by atoms with E-state index in [1.807, 2.05) is 6.07 Å². The van der Waals surface area contributed by atoms with E-state index in [2.05, 4.69) is 17.6 Å². The zero-order valence-corrected chi connectivity index (χ0v) is 11.4. The molecule has 0 saturated heterocycles. The van der Waals surface area contributed by atoms with Crippen molar-refractivity contribution in [1.29, 1.82) is 0 Å². The first-order valence-electron chi connectivity index (χ1n) is 6.96. The molecule has 1 aliphatic carbocycles. The van der Waals surface area contributed by atoms with Crippen LogP contribution < -0.4 is 10.6 Å². The van der Waals surface area contributed by atoms with E-state index in [1.165, 1.54) is 12.8 Å². The Morgan fingerprint density at radius 2 is 1.95 bits per heavy atom. The van der Waals surface area contributed by atoms with Gasteiger partial charge < -0.3 is 15.7 Å². The van der Waals surface area contributed by atoms with Gasteiger partial charge >= 0.3 is 6.03 Å². The van der Waals surface area contributed by atoms with Crippen LogP contribution in [0.5, 0.6) is 5.75 Å². The lowest BCUT2D eigenvalue weighted by molar-refractivity contribution is 0.228. The summed E-state index contributed by atoms with van der Waals surface area (Å²) in [4.78, 5) is 11.8. The first-order chi connectivity index (χ1) is 9.15. The van der Waals surface area contributed by atoms with Gasteiger partial charge in [0.15, 0.2) is 0 Å². The summed E-state index contributed by atoms with van der Waals surface area (Å²) in [5, 5.41) is 15.4. The number of hydrogen-bond donors (Lipinski definition) is 3. The van der Waals surface area contributed by atoms with Crippen molar-refractivity contribution in [2.75, 3.05) is 0 Å². The van der Waals surface area contributed by atoms with Crippen molar-refractivity contribution < 1.29 is 9.90 Å². The van der Waals surface area contributed by atoms with Crippen molar-refractivity contribution >= 4 is 6.03 Å². The molecule has 1 aromatic rings. The first-order valence-corrected chi connectivity index (χ1v) is 6.96. The molecule has 2 amide bonds. The Morgan fingerprint density at radius 1 is 1.26 bits per heavy atom. The normalized spacial score (nSPS) is 22.8. The topological polar surface area (TPSA) is 61.4 Å². The number of aromatic hydroxyl groups is 1. The maximum absolute atomic E-state index is 11.8. The number of urea groups is 1. The van der Waals surface area contributed by atoms with E-state index in [0.29, 0.717) is 12.6 Å². The highest BCUT2D eigenvalue weighted by Crippen LogP contribution is 2.23. The van der Waals surface area contributed by atoms with Crippen molar-refractivity contribution in [3.05, 3.63) is 29.8 Å². The second-order valence-corrected chi connectivity index (χ2v) is 5.41. The molecule has 0 aromatic heterocycles. The molecule has 4 heteroatoms. The summed E-state index contributed by atoms with van der Waals surface area (Å²) >= 11 is 0. The highest BCUT2D eigenvalue weighted by molar-refractivity contribution is 5.74. The number of benzene rings is 1. The van der Waals surface area contributed by atoms with E-state index in [0.717, 1.165) is 24.3 Å². The molecule has 104 valence electrons. The molecule has 1 saturated carbocycles. The Bertz CT molecular complexity index is 426. The fourth-order valence-corrected chi connectivity index (χ4v) is 2.48. The van der Waals surface area contributed by atoms with E-state index in [4.69, 9.17) is 0 Å². The molecule has 0 unspecified atom stereocenters. The molecular formula is C15H22N2O2. The number of phenols is 1. The van der Waals surface area contributed by atoms with Crippen LogP contribution in [0.4, 0.5) is 4.79 Å². The summed E-state index contributed by atoms with van der Waals surface area (Å²) in [5.74, 6) is 0.997. The molecule has 0 bridgehead atoms. The second-order valence-electron chi connectivity index (χ2n) is 5.41. The Balaban J connectivity index is 1.74. The standard InChI is InChI=1S/C15H22N2O2/c1-11-6-8-13(9-7-11)17-15(19)16-10-12-4-2-3-5-14(12)18/h2-5,11,13,18H,6-10H2,1H3,(H2,16,17,19). The molecule has 3 N–H and O–H groups in total. The van der Waals surface area contributed by atoms with E-state index >= 15 is 0 Å². The van der Waals surface area contributed by atoms with Crippen LogP contribution in [0.3, 0.4) is 0 Å². The number of amides is 2. The van der Waals surface area contributed by atoms with Crippen LogP contribution in [0.25, 0.3) is 0 Å². The van der Waals surface area contributed by atoms with Crippen molar-refractivity contribution in [2.45, 2.75) is 45.2 Å². The molecular weight excluding hydrogens is 240 g/mol. The van der Waals surface area contributed by atoms with Crippen LogP contribution in [0.1, 0.15) is 38.2 Å². The number of nitrogens with one attached hydrogen (secondary N) is 2. The van der Waals surface area contributed by atoms with E-state index in [-0.39, 0.29) is 11.8 Å². The molecule has 2 rings (SSSR count). The molecule has 1 aromatic carbocycles. The summed E-state index contributed by atoms with van der Waals surface area (Å²) in [6.45, 7) is 2.61. The predicted octanol–water partition coefficient (Wildman–Crippen LogP) is 2.77.